The standard InChI is InChI=1S/C10H11N3OS/c1-13-10(15)11-9(12-13)6-7-3-2-4-8(14)5-7/h2-5,14H,6H2,1H3,(H,11,12,15). The Morgan fingerprint density at radius 3 is 2.93 bits per heavy atom. The number of rotatable bonds is 2. The molecule has 1 heterocycles. The van der Waals surface area contributed by atoms with E-state index in [-0.39, 0.29) is 5.75 Å². The smallest absolute Gasteiger partial charge is 0.215 e. The van der Waals surface area contributed by atoms with E-state index in [9.17, 15) is 5.11 Å². The third kappa shape index (κ3) is 2.24. The van der Waals surface area contributed by atoms with Crippen LogP contribution in [0.2, 0.25) is 0 Å². The molecule has 2 rings (SSSR count). The number of hydrogen-bond donors (Lipinski definition) is 2. The number of phenols is 1. The summed E-state index contributed by atoms with van der Waals surface area (Å²) in [6, 6.07) is 7.10. The van der Waals surface area contributed by atoms with Gasteiger partial charge in [0.2, 0.25) is 4.77 Å². The number of benzene rings is 1. The first-order valence-electron chi connectivity index (χ1n) is 4.55. The molecule has 2 N–H and O–H groups in total. The zero-order chi connectivity index (χ0) is 10.8. The average molecular weight is 221 g/mol. The average Bonchev–Trinajstić information content (AvgIpc) is 2.45. The molecule has 0 saturated carbocycles. The van der Waals surface area contributed by atoms with Crippen LogP contribution >= 0.6 is 12.2 Å². The fourth-order valence-corrected chi connectivity index (χ4v) is 1.55. The molecule has 0 atom stereocenters. The van der Waals surface area contributed by atoms with Crippen molar-refractivity contribution in [3.8, 4) is 5.75 Å². The van der Waals surface area contributed by atoms with Crippen LogP contribution in [-0.2, 0) is 13.5 Å². The molecule has 5 heteroatoms. The summed E-state index contributed by atoms with van der Waals surface area (Å²) in [5, 5.41) is 12.3. The van der Waals surface area contributed by atoms with E-state index in [0.717, 1.165) is 11.4 Å². The zero-order valence-electron chi connectivity index (χ0n) is 8.27. The number of aromatic amines is 1. The summed E-state index contributed by atoms with van der Waals surface area (Å²) in [7, 11) is 1.82. The highest BCUT2D eigenvalue weighted by Crippen LogP contribution is 2.13. The lowest BCUT2D eigenvalue weighted by molar-refractivity contribution is 0.474. The first-order valence-corrected chi connectivity index (χ1v) is 4.96. The number of nitrogens with one attached hydrogen (secondary N) is 1. The topological polar surface area (TPSA) is 53.8 Å². The van der Waals surface area contributed by atoms with Gasteiger partial charge in [-0.25, -0.2) is 4.98 Å². The lowest BCUT2D eigenvalue weighted by atomic mass is 10.1. The Morgan fingerprint density at radius 2 is 2.33 bits per heavy atom. The monoisotopic (exact) mass is 221 g/mol. The van der Waals surface area contributed by atoms with Crippen molar-refractivity contribution in [2.45, 2.75) is 6.42 Å². The SMILES string of the molecule is Cn1[nH]c(Cc2cccc(O)c2)nc1=S. The van der Waals surface area contributed by atoms with Crippen molar-refractivity contribution in [3.63, 3.8) is 0 Å². The van der Waals surface area contributed by atoms with Gasteiger partial charge >= 0.3 is 0 Å². The number of aromatic nitrogens is 3. The van der Waals surface area contributed by atoms with Gasteiger partial charge in [-0.1, -0.05) is 12.1 Å². The summed E-state index contributed by atoms with van der Waals surface area (Å²) in [6.45, 7) is 0. The molecule has 0 aliphatic rings. The van der Waals surface area contributed by atoms with Gasteiger partial charge < -0.3 is 5.11 Å². The van der Waals surface area contributed by atoms with Gasteiger partial charge in [0.1, 0.15) is 11.6 Å². The van der Waals surface area contributed by atoms with E-state index in [0.29, 0.717) is 11.2 Å². The maximum Gasteiger partial charge on any atom is 0.215 e. The maximum absolute atomic E-state index is 9.29. The number of nitrogens with zero attached hydrogens (tertiary/aromatic N) is 2. The van der Waals surface area contributed by atoms with Crippen molar-refractivity contribution in [3.05, 3.63) is 40.4 Å². The Labute approximate surface area is 92.2 Å². The van der Waals surface area contributed by atoms with E-state index >= 15 is 0 Å². The third-order valence-electron chi connectivity index (χ3n) is 2.10. The molecule has 0 unspecified atom stereocenters. The van der Waals surface area contributed by atoms with Crippen LogP contribution in [0, 0.1) is 4.77 Å². The van der Waals surface area contributed by atoms with Crippen LogP contribution in [0.5, 0.6) is 5.75 Å². The van der Waals surface area contributed by atoms with E-state index in [2.05, 4.69) is 10.1 Å². The normalized spacial score (nSPS) is 10.5. The Hall–Kier alpha value is -1.62. The summed E-state index contributed by atoms with van der Waals surface area (Å²) in [6.07, 6.45) is 0.638. The van der Waals surface area contributed by atoms with Crippen LogP contribution in [0.4, 0.5) is 0 Å². The molecule has 15 heavy (non-hydrogen) atoms. The first-order chi connectivity index (χ1) is 7.15. The predicted molar refractivity (Wildman–Crippen MR) is 59.3 cm³/mol. The summed E-state index contributed by atoms with van der Waals surface area (Å²) >= 11 is 4.99. The molecule has 0 bridgehead atoms. The van der Waals surface area contributed by atoms with Crippen LogP contribution in [0.1, 0.15) is 11.4 Å². The lowest BCUT2D eigenvalue weighted by Crippen LogP contribution is -1.93. The van der Waals surface area contributed by atoms with Gasteiger partial charge in [-0.15, -0.1) is 0 Å². The molecule has 0 radical (unpaired) electrons. The molecule has 1 aromatic carbocycles. The summed E-state index contributed by atoms with van der Waals surface area (Å²) in [5.74, 6) is 1.06. The van der Waals surface area contributed by atoms with Crippen LogP contribution in [0.25, 0.3) is 0 Å². The van der Waals surface area contributed by atoms with E-state index in [1.54, 1.807) is 16.8 Å². The molecule has 0 aliphatic carbocycles. The Balaban J connectivity index is 2.25. The molecular formula is C10H11N3OS. The Morgan fingerprint density at radius 1 is 1.53 bits per heavy atom. The fraction of sp³-hybridized carbons (Fsp3) is 0.200. The van der Waals surface area contributed by atoms with Gasteiger partial charge in [-0.05, 0) is 29.9 Å². The lowest BCUT2D eigenvalue weighted by Gasteiger charge is -1.98. The Bertz CT molecular complexity index is 529. The van der Waals surface area contributed by atoms with Gasteiger partial charge in [0.25, 0.3) is 0 Å². The van der Waals surface area contributed by atoms with Crippen molar-refractivity contribution in [2.24, 2.45) is 7.05 Å². The number of hydrogen-bond acceptors (Lipinski definition) is 3. The number of aryl methyl sites for hydroxylation is 1. The maximum atomic E-state index is 9.29. The highest BCUT2D eigenvalue weighted by Gasteiger charge is 2.01. The highest BCUT2D eigenvalue weighted by molar-refractivity contribution is 7.71. The summed E-state index contributed by atoms with van der Waals surface area (Å²) in [4.78, 5) is 4.18. The number of phenolic OH excluding ortho intramolecular Hbond substituents is 1. The van der Waals surface area contributed by atoms with E-state index in [4.69, 9.17) is 12.2 Å². The van der Waals surface area contributed by atoms with E-state index in [1.165, 1.54) is 0 Å². The first kappa shape index (κ1) is 9.92. The molecule has 4 nitrogen and oxygen atoms in total. The molecule has 0 spiro atoms. The minimum absolute atomic E-state index is 0.266. The molecular weight excluding hydrogens is 210 g/mol. The van der Waals surface area contributed by atoms with Crippen molar-refractivity contribution >= 4 is 12.2 Å². The molecule has 0 amide bonds. The minimum Gasteiger partial charge on any atom is -0.508 e. The van der Waals surface area contributed by atoms with Gasteiger partial charge in [0, 0.05) is 13.5 Å². The molecule has 1 aromatic heterocycles. The molecule has 0 aliphatic heterocycles. The van der Waals surface area contributed by atoms with Gasteiger partial charge in [-0.3, -0.25) is 9.78 Å². The second-order valence-corrected chi connectivity index (χ2v) is 3.72. The van der Waals surface area contributed by atoms with Gasteiger partial charge in [0.15, 0.2) is 0 Å². The van der Waals surface area contributed by atoms with Crippen LogP contribution in [0.15, 0.2) is 24.3 Å². The highest BCUT2D eigenvalue weighted by atomic mass is 32.1. The molecule has 0 fully saturated rings. The zero-order valence-corrected chi connectivity index (χ0v) is 9.08. The van der Waals surface area contributed by atoms with Crippen molar-refractivity contribution < 1.29 is 5.11 Å². The van der Waals surface area contributed by atoms with Crippen LogP contribution in [0.3, 0.4) is 0 Å². The van der Waals surface area contributed by atoms with Crippen molar-refractivity contribution in [1.82, 2.24) is 14.8 Å². The predicted octanol–water partition coefficient (Wildman–Crippen LogP) is 1.77. The number of aromatic hydroxyl groups is 1. The van der Waals surface area contributed by atoms with E-state index < -0.39 is 0 Å². The Kier molecular flexibility index (Phi) is 2.55. The van der Waals surface area contributed by atoms with Gasteiger partial charge in [0.05, 0.1) is 0 Å². The van der Waals surface area contributed by atoms with Crippen LogP contribution in [-0.4, -0.2) is 19.9 Å². The second kappa shape index (κ2) is 3.86. The van der Waals surface area contributed by atoms with Crippen molar-refractivity contribution in [2.75, 3.05) is 0 Å². The third-order valence-corrected chi connectivity index (χ3v) is 2.46. The summed E-state index contributed by atoms with van der Waals surface area (Å²) < 4.78 is 2.22. The largest absolute Gasteiger partial charge is 0.508 e. The van der Waals surface area contributed by atoms with Gasteiger partial charge in [-0.2, -0.15) is 0 Å². The second-order valence-electron chi connectivity index (χ2n) is 3.36. The van der Waals surface area contributed by atoms with Crippen LogP contribution < -0.4 is 0 Å². The quantitative estimate of drug-likeness (QED) is 0.760. The molecule has 2 aromatic rings. The fourth-order valence-electron chi connectivity index (χ4n) is 1.40. The molecule has 78 valence electrons. The van der Waals surface area contributed by atoms with Crippen molar-refractivity contribution in [1.29, 1.82) is 0 Å². The number of H-pyrrole nitrogens is 1. The summed E-state index contributed by atoms with van der Waals surface area (Å²) in [5.41, 5.74) is 0.999. The van der Waals surface area contributed by atoms with E-state index in [1.807, 2.05) is 19.2 Å². The minimum atomic E-state index is 0.266. The molecule has 0 saturated heterocycles.